The molecule has 2 heterocycles. The molecule has 0 radical (unpaired) electrons. The van der Waals surface area contributed by atoms with Crippen LogP contribution in [0.2, 0.25) is 0 Å². The molecule has 0 spiro atoms. The average Bonchev–Trinajstić information content (AvgIpc) is 2.97. The molecule has 0 unspecified atom stereocenters. The highest BCUT2D eigenvalue weighted by Gasteiger charge is 2.30. The molecule has 1 aromatic heterocycles. The first-order valence-corrected chi connectivity index (χ1v) is 8.67. The van der Waals surface area contributed by atoms with Crippen LogP contribution >= 0.6 is 0 Å². The van der Waals surface area contributed by atoms with Gasteiger partial charge in [0, 0.05) is 19.1 Å². The second-order valence-corrected chi connectivity index (χ2v) is 7.11. The molecule has 2 fully saturated rings. The van der Waals surface area contributed by atoms with Crippen LogP contribution in [0.5, 0.6) is 0 Å². The fourth-order valence-corrected chi connectivity index (χ4v) is 3.92. The molecule has 4 rings (SSSR count). The Bertz CT molecular complexity index is 704. The molecule has 1 atom stereocenters. The maximum atomic E-state index is 12.5. The summed E-state index contributed by atoms with van der Waals surface area (Å²) in [6, 6.07) is 9.02. The van der Waals surface area contributed by atoms with E-state index in [1.807, 2.05) is 29.4 Å². The number of hydrogen-bond donors (Lipinski definition) is 1. The van der Waals surface area contributed by atoms with Crippen LogP contribution in [0.15, 0.2) is 30.6 Å². The fourth-order valence-electron chi connectivity index (χ4n) is 3.92. The summed E-state index contributed by atoms with van der Waals surface area (Å²) in [5.74, 6) is 0.756. The van der Waals surface area contributed by atoms with Gasteiger partial charge in [0.15, 0.2) is 0 Å². The van der Waals surface area contributed by atoms with Crippen LogP contribution < -0.4 is 5.32 Å². The Balaban J connectivity index is 1.45. The standard InChI is InChI=1S/C18H24N4O/c1-13-9-14(10-13)20-18(23)21-8-4-5-15(11-21)22-12-19-16-6-2-3-7-17(16)22/h2-3,6-7,12-15H,4-5,8-11H2,1H3,(H,20,23)/t13?,14?,15-/m1/s1. The molecular formula is C18H24N4O. The summed E-state index contributed by atoms with van der Waals surface area (Å²) in [7, 11) is 0. The highest BCUT2D eigenvalue weighted by Crippen LogP contribution is 2.28. The number of fused-ring (bicyclic) bond motifs is 1. The van der Waals surface area contributed by atoms with Crippen LogP contribution in [0, 0.1) is 5.92 Å². The van der Waals surface area contributed by atoms with Crippen molar-refractivity contribution in [2.75, 3.05) is 13.1 Å². The fraction of sp³-hybridized carbons (Fsp3) is 0.556. The van der Waals surface area contributed by atoms with Crippen molar-refractivity contribution in [2.24, 2.45) is 5.92 Å². The molecule has 1 aliphatic heterocycles. The van der Waals surface area contributed by atoms with Crippen LogP contribution in [0.4, 0.5) is 4.79 Å². The van der Waals surface area contributed by atoms with E-state index in [0.717, 1.165) is 55.7 Å². The number of amides is 2. The van der Waals surface area contributed by atoms with Gasteiger partial charge in [0.25, 0.3) is 0 Å². The molecule has 1 N–H and O–H groups in total. The second-order valence-electron chi connectivity index (χ2n) is 7.11. The molecule has 2 aliphatic rings. The Morgan fingerprint density at radius 3 is 2.96 bits per heavy atom. The molecule has 1 saturated heterocycles. The van der Waals surface area contributed by atoms with Crippen molar-refractivity contribution in [3.05, 3.63) is 30.6 Å². The smallest absolute Gasteiger partial charge is 0.317 e. The zero-order valence-corrected chi connectivity index (χ0v) is 13.6. The topological polar surface area (TPSA) is 50.2 Å². The maximum absolute atomic E-state index is 12.5. The van der Waals surface area contributed by atoms with E-state index < -0.39 is 0 Å². The molecule has 122 valence electrons. The van der Waals surface area contributed by atoms with E-state index in [-0.39, 0.29) is 6.03 Å². The number of nitrogens with zero attached hydrogens (tertiary/aromatic N) is 3. The van der Waals surface area contributed by atoms with Crippen LogP contribution in [0.25, 0.3) is 11.0 Å². The molecule has 2 aromatic rings. The number of rotatable bonds is 2. The summed E-state index contributed by atoms with van der Waals surface area (Å²) < 4.78 is 2.24. The third kappa shape index (κ3) is 2.80. The van der Waals surface area contributed by atoms with E-state index in [4.69, 9.17) is 0 Å². The van der Waals surface area contributed by atoms with Crippen molar-refractivity contribution < 1.29 is 4.79 Å². The van der Waals surface area contributed by atoms with E-state index in [0.29, 0.717) is 12.1 Å². The molecular weight excluding hydrogens is 288 g/mol. The minimum atomic E-state index is 0.107. The SMILES string of the molecule is CC1CC(NC(=O)N2CCC[C@@H](n3cnc4ccccc43)C2)C1. The number of carbonyl (C=O) groups is 1. The molecule has 2 amide bonds. The Hall–Kier alpha value is -2.04. The summed E-state index contributed by atoms with van der Waals surface area (Å²) in [6.45, 7) is 3.87. The lowest BCUT2D eigenvalue weighted by molar-refractivity contribution is 0.152. The number of para-hydroxylation sites is 2. The molecule has 1 aromatic carbocycles. The molecule has 1 saturated carbocycles. The van der Waals surface area contributed by atoms with E-state index in [1.54, 1.807) is 0 Å². The van der Waals surface area contributed by atoms with Gasteiger partial charge in [-0.3, -0.25) is 0 Å². The third-order valence-electron chi connectivity index (χ3n) is 5.26. The summed E-state index contributed by atoms with van der Waals surface area (Å²) >= 11 is 0. The zero-order valence-electron chi connectivity index (χ0n) is 13.6. The van der Waals surface area contributed by atoms with Gasteiger partial charge in [0.1, 0.15) is 0 Å². The lowest BCUT2D eigenvalue weighted by Gasteiger charge is -2.38. The second kappa shape index (κ2) is 5.87. The summed E-state index contributed by atoms with van der Waals surface area (Å²) in [4.78, 5) is 18.9. The number of likely N-dealkylation sites (tertiary alicyclic amines) is 1. The number of aromatic nitrogens is 2. The maximum Gasteiger partial charge on any atom is 0.317 e. The van der Waals surface area contributed by atoms with Gasteiger partial charge >= 0.3 is 6.03 Å². The van der Waals surface area contributed by atoms with E-state index >= 15 is 0 Å². The van der Waals surface area contributed by atoms with Crippen LogP contribution in [0.1, 0.15) is 38.6 Å². The Labute approximate surface area is 136 Å². The third-order valence-corrected chi connectivity index (χ3v) is 5.26. The van der Waals surface area contributed by atoms with Crippen LogP contribution in [-0.4, -0.2) is 39.6 Å². The number of benzene rings is 1. The number of urea groups is 1. The first-order valence-electron chi connectivity index (χ1n) is 8.67. The van der Waals surface area contributed by atoms with Crippen molar-refractivity contribution in [2.45, 2.75) is 44.7 Å². The van der Waals surface area contributed by atoms with Gasteiger partial charge in [-0.25, -0.2) is 9.78 Å². The lowest BCUT2D eigenvalue weighted by atomic mass is 9.82. The quantitative estimate of drug-likeness (QED) is 0.926. The first kappa shape index (κ1) is 14.5. The predicted octanol–water partition coefficient (Wildman–Crippen LogP) is 3.18. The Morgan fingerprint density at radius 1 is 1.30 bits per heavy atom. The van der Waals surface area contributed by atoms with Crippen molar-refractivity contribution in [3.63, 3.8) is 0 Å². The number of piperidine rings is 1. The number of nitrogens with one attached hydrogen (secondary N) is 1. The number of imidazole rings is 1. The highest BCUT2D eigenvalue weighted by atomic mass is 16.2. The molecule has 5 nitrogen and oxygen atoms in total. The van der Waals surface area contributed by atoms with Gasteiger partial charge in [-0.2, -0.15) is 0 Å². The molecule has 0 bridgehead atoms. The van der Waals surface area contributed by atoms with Crippen molar-refractivity contribution >= 4 is 17.1 Å². The minimum absolute atomic E-state index is 0.107. The molecule has 23 heavy (non-hydrogen) atoms. The zero-order chi connectivity index (χ0) is 15.8. The monoisotopic (exact) mass is 312 g/mol. The Morgan fingerprint density at radius 2 is 2.13 bits per heavy atom. The Kier molecular flexibility index (Phi) is 3.71. The van der Waals surface area contributed by atoms with Gasteiger partial charge in [0.05, 0.1) is 23.4 Å². The normalized spacial score (nSPS) is 27.7. The highest BCUT2D eigenvalue weighted by molar-refractivity contribution is 5.76. The van der Waals surface area contributed by atoms with Gasteiger partial charge in [-0.1, -0.05) is 19.1 Å². The first-order chi connectivity index (χ1) is 11.2. The average molecular weight is 312 g/mol. The van der Waals surface area contributed by atoms with Gasteiger partial charge in [0.2, 0.25) is 0 Å². The summed E-state index contributed by atoms with van der Waals surface area (Å²) in [5, 5.41) is 3.18. The summed E-state index contributed by atoms with van der Waals surface area (Å²) in [5.41, 5.74) is 2.19. The number of carbonyl (C=O) groups excluding carboxylic acids is 1. The molecule has 5 heteroatoms. The van der Waals surface area contributed by atoms with Gasteiger partial charge < -0.3 is 14.8 Å². The van der Waals surface area contributed by atoms with E-state index in [9.17, 15) is 4.79 Å². The van der Waals surface area contributed by atoms with Crippen LogP contribution in [0.3, 0.4) is 0 Å². The van der Waals surface area contributed by atoms with Gasteiger partial charge in [-0.15, -0.1) is 0 Å². The van der Waals surface area contributed by atoms with Crippen molar-refractivity contribution in [1.29, 1.82) is 0 Å². The largest absolute Gasteiger partial charge is 0.335 e. The van der Waals surface area contributed by atoms with Crippen LogP contribution in [-0.2, 0) is 0 Å². The predicted molar refractivity (Wildman–Crippen MR) is 90.3 cm³/mol. The van der Waals surface area contributed by atoms with Gasteiger partial charge in [-0.05, 0) is 43.7 Å². The summed E-state index contributed by atoms with van der Waals surface area (Å²) in [6.07, 6.45) is 6.31. The van der Waals surface area contributed by atoms with Crippen molar-refractivity contribution in [1.82, 2.24) is 19.8 Å². The van der Waals surface area contributed by atoms with Crippen molar-refractivity contribution in [3.8, 4) is 0 Å². The number of hydrogen-bond acceptors (Lipinski definition) is 2. The van der Waals surface area contributed by atoms with E-state index in [2.05, 4.69) is 27.9 Å². The minimum Gasteiger partial charge on any atom is -0.335 e. The lowest BCUT2D eigenvalue weighted by Crippen LogP contribution is -2.51. The molecule has 1 aliphatic carbocycles. The van der Waals surface area contributed by atoms with E-state index in [1.165, 1.54) is 0 Å².